The van der Waals surface area contributed by atoms with Crippen LogP contribution in [0, 0.1) is 0 Å². The van der Waals surface area contributed by atoms with E-state index in [-0.39, 0.29) is 5.91 Å². The van der Waals surface area contributed by atoms with Crippen molar-refractivity contribution in [1.82, 2.24) is 9.47 Å². The van der Waals surface area contributed by atoms with Gasteiger partial charge in [0.1, 0.15) is 11.4 Å². The van der Waals surface area contributed by atoms with E-state index in [0.29, 0.717) is 25.3 Å². The molecule has 2 aromatic carbocycles. The summed E-state index contributed by atoms with van der Waals surface area (Å²) in [6, 6.07) is 22.0. The third-order valence-electron chi connectivity index (χ3n) is 5.92. The van der Waals surface area contributed by atoms with Gasteiger partial charge in [0, 0.05) is 44.9 Å². The first-order valence-corrected chi connectivity index (χ1v) is 10.5. The van der Waals surface area contributed by atoms with Crippen LogP contribution in [-0.2, 0) is 6.54 Å². The number of fused-ring (bicyclic) bond motifs is 1. The zero-order valence-electron chi connectivity index (χ0n) is 17.5. The lowest BCUT2D eigenvalue weighted by atomic mass is 10.2. The van der Waals surface area contributed by atoms with Crippen molar-refractivity contribution in [3.63, 3.8) is 0 Å². The number of hydrogen-bond donors (Lipinski definition) is 0. The van der Waals surface area contributed by atoms with E-state index in [4.69, 9.17) is 9.15 Å². The lowest BCUT2D eigenvalue weighted by molar-refractivity contribution is 0.0736. The molecular weight excluding hydrogens is 390 g/mol. The molecule has 3 heterocycles. The number of piperazine rings is 1. The van der Waals surface area contributed by atoms with Crippen LogP contribution in [0.1, 0.15) is 16.1 Å². The van der Waals surface area contributed by atoms with Gasteiger partial charge in [-0.05, 0) is 17.7 Å². The lowest BCUT2D eigenvalue weighted by Crippen LogP contribution is -2.49. The van der Waals surface area contributed by atoms with Gasteiger partial charge in [-0.25, -0.2) is 0 Å². The minimum Gasteiger partial charge on any atom is -0.495 e. The fourth-order valence-corrected chi connectivity index (χ4v) is 4.29. The fraction of sp³-hybridized carbons (Fsp3) is 0.240. The molecule has 0 saturated carbocycles. The number of amides is 1. The predicted molar refractivity (Wildman–Crippen MR) is 121 cm³/mol. The third-order valence-corrected chi connectivity index (χ3v) is 5.92. The maximum absolute atomic E-state index is 13.5. The first-order valence-electron chi connectivity index (χ1n) is 10.5. The van der Waals surface area contributed by atoms with E-state index in [2.05, 4.69) is 27.7 Å². The monoisotopic (exact) mass is 415 g/mol. The fourth-order valence-electron chi connectivity index (χ4n) is 4.29. The summed E-state index contributed by atoms with van der Waals surface area (Å²) in [5.41, 5.74) is 4.58. The van der Waals surface area contributed by atoms with Crippen LogP contribution in [0.15, 0.2) is 77.4 Å². The van der Waals surface area contributed by atoms with E-state index in [0.717, 1.165) is 41.2 Å². The van der Waals surface area contributed by atoms with Crippen molar-refractivity contribution in [1.29, 1.82) is 0 Å². The number of nitrogens with zero attached hydrogens (tertiary/aromatic N) is 3. The number of carbonyl (C=O) groups excluding carboxylic acids is 1. The van der Waals surface area contributed by atoms with Crippen LogP contribution in [0.25, 0.3) is 11.1 Å². The van der Waals surface area contributed by atoms with Gasteiger partial charge in [0.2, 0.25) is 0 Å². The van der Waals surface area contributed by atoms with E-state index < -0.39 is 0 Å². The average molecular weight is 415 g/mol. The largest absolute Gasteiger partial charge is 0.495 e. The quantitative estimate of drug-likeness (QED) is 0.489. The molecule has 1 saturated heterocycles. The Balaban J connectivity index is 1.36. The second kappa shape index (κ2) is 8.22. The highest BCUT2D eigenvalue weighted by Gasteiger charge is 2.27. The van der Waals surface area contributed by atoms with E-state index in [1.165, 1.54) is 0 Å². The molecule has 6 nitrogen and oxygen atoms in total. The first kappa shape index (κ1) is 19.3. The van der Waals surface area contributed by atoms with Crippen LogP contribution < -0.4 is 9.64 Å². The molecule has 0 unspecified atom stereocenters. The molecule has 0 radical (unpaired) electrons. The van der Waals surface area contributed by atoms with Crippen LogP contribution in [-0.4, -0.2) is 48.7 Å². The Hall–Kier alpha value is -3.67. The highest BCUT2D eigenvalue weighted by atomic mass is 16.5. The Morgan fingerprint density at radius 1 is 0.968 bits per heavy atom. The molecule has 6 heteroatoms. The standard InChI is InChI=1S/C25H25N3O3/c1-30-23-10-6-5-9-20(23)26-12-14-27(15-13-26)25(29)22-17-24-21(11-16-31-24)28(22)18-19-7-3-2-4-8-19/h2-11,16-17H,12-15,18H2,1H3. The Morgan fingerprint density at radius 3 is 2.48 bits per heavy atom. The highest BCUT2D eigenvalue weighted by molar-refractivity contribution is 5.97. The summed E-state index contributed by atoms with van der Waals surface area (Å²) >= 11 is 0. The normalized spacial score (nSPS) is 14.2. The summed E-state index contributed by atoms with van der Waals surface area (Å²) in [7, 11) is 1.69. The molecule has 0 N–H and O–H groups in total. The Kier molecular flexibility index (Phi) is 5.12. The van der Waals surface area contributed by atoms with E-state index in [1.54, 1.807) is 13.4 Å². The Morgan fingerprint density at radius 2 is 1.71 bits per heavy atom. The number of anilines is 1. The molecule has 4 aromatic rings. The number of furan rings is 1. The average Bonchev–Trinajstić information content (AvgIpc) is 3.42. The van der Waals surface area contributed by atoms with Gasteiger partial charge in [-0.15, -0.1) is 0 Å². The molecule has 1 amide bonds. The van der Waals surface area contributed by atoms with E-state index in [9.17, 15) is 4.79 Å². The Labute approximate surface area is 181 Å². The number of aromatic nitrogens is 1. The number of rotatable bonds is 5. The predicted octanol–water partition coefficient (Wildman–Crippen LogP) is 4.25. The van der Waals surface area contributed by atoms with Gasteiger partial charge < -0.3 is 23.5 Å². The molecule has 2 aromatic heterocycles. The number of benzene rings is 2. The van der Waals surface area contributed by atoms with Gasteiger partial charge >= 0.3 is 0 Å². The van der Waals surface area contributed by atoms with Crippen molar-refractivity contribution in [2.24, 2.45) is 0 Å². The van der Waals surface area contributed by atoms with Gasteiger partial charge in [0.15, 0.2) is 5.58 Å². The second-order valence-electron chi connectivity index (χ2n) is 7.72. The van der Waals surface area contributed by atoms with Crippen molar-refractivity contribution in [2.75, 3.05) is 38.2 Å². The summed E-state index contributed by atoms with van der Waals surface area (Å²) < 4.78 is 13.2. The van der Waals surface area contributed by atoms with Gasteiger partial charge in [-0.2, -0.15) is 0 Å². The van der Waals surface area contributed by atoms with Crippen LogP contribution in [0.4, 0.5) is 5.69 Å². The highest BCUT2D eigenvalue weighted by Crippen LogP contribution is 2.29. The maximum Gasteiger partial charge on any atom is 0.270 e. The summed E-state index contributed by atoms with van der Waals surface area (Å²) in [4.78, 5) is 17.7. The first-order chi connectivity index (χ1) is 15.2. The molecule has 158 valence electrons. The SMILES string of the molecule is COc1ccccc1N1CCN(C(=O)c2cc3occc3n2Cc2ccccc2)CC1. The van der Waals surface area contributed by atoms with Gasteiger partial charge in [0.25, 0.3) is 5.91 Å². The van der Waals surface area contributed by atoms with Gasteiger partial charge in [0.05, 0.1) is 24.6 Å². The number of methoxy groups -OCH3 is 1. The molecule has 1 fully saturated rings. The summed E-state index contributed by atoms with van der Waals surface area (Å²) in [6.07, 6.45) is 1.67. The topological polar surface area (TPSA) is 50.9 Å². The number of para-hydroxylation sites is 2. The molecule has 0 bridgehead atoms. The lowest BCUT2D eigenvalue weighted by Gasteiger charge is -2.36. The van der Waals surface area contributed by atoms with E-state index in [1.807, 2.05) is 53.4 Å². The zero-order valence-corrected chi connectivity index (χ0v) is 17.5. The van der Waals surface area contributed by atoms with Crippen LogP contribution in [0.5, 0.6) is 5.75 Å². The molecule has 0 spiro atoms. The van der Waals surface area contributed by atoms with Crippen molar-refractivity contribution in [3.05, 3.63) is 84.3 Å². The molecule has 0 atom stereocenters. The summed E-state index contributed by atoms with van der Waals surface area (Å²) in [6.45, 7) is 3.49. The smallest absolute Gasteiger partial charge is 0.270 e. The van der Waals surface area contributed by atoms with Crippen molar-refractivity contribution in [3.8, 4) is 5.75 Å². The van der Waals surface area contributed by atoms with Gasteiger partial charge in [-0.3, -0.25) is 4.79 Å². The van der Waals surface area contributed by atoms with Crippen molar-refractivity contribution in [2.45, 2.75) is 6.54 Å². The maximum atomic E-state index is 13.5. The summed E-state index contributed by atoms with van der Waals surface area (Å²) in [5, 5.41) is 0. The third kappa shape index (κ3) is 3.65. The minimum atomic E-state index is 0.0435. The summed E-state index contributed by atoms with van der Waals surface area (Å²) in [5.74, 6) is 0.904. The molecular formula is C25H25N3O3. The van der Waals surface area contributed by atoms with E-state index >= 15 is 0 Å². The second-order valence-corrected chi connectivity index (χ2v) is 7.72. The number of ether oxygens (including phenoxy) is 1. The van der Waals surface area contributed by atoms with Gasteiger partial charge in [-0.1, -0.05) is 42.5 Å². The molecule has 5 rings (SSSR count). The minimum absolute atomic E-state index is 0.0435. The molecule has 31 heavy (non-hydrogen) atoms. The number of carbonyl (C=O) groups is 1. The van der Waals surface area contributed by atoms with Crippen molar-refractivity contribution < 1.29 is 13.9 Å². The molecule has 1 aliphatic rings. The van der Waals surface area contributed by atoms with Crippen molar-refractivity contribution >= 4 is 22.7 Å². The molecule has 1 aliphatic heterocycles. The number of hydrogen-bond acceptors (Lipinski definition) is 4. The zero-order chi connectivity index (χ0) is 21.2. The van der Waals surface area contributed by atoms with Crippen LogP contribution >= 0.6 is 0 Å². The Bertz CT molecular complexity index is 1190. The van der Waals surface area contributed by atoms with Crippen LogP contribution in [0.2, 0.25) is 0 Å². The molecule has 0 aliphatic carbocycles. The van der Waals surface area contributed by atoms with Crippen LogP contribution in [0.3, 0.4) is 0 Å².